The van der Waals surface area contributed by atoms with E-state index in [9.17, 15) is 0 Å². The van der Waals surface area contributed by atoms with E-state index in [0.29, 0.717) is 6.54 Å². The number of hydrogen-bond acceptors (Lipinski definition) is 3. The summed E-state index contributed by atoms with van der Waals surface area (Å²) in [6, 6.07) is 25.3. The summed E-state index contributed by atoms with van der Waals surface area (Å²) in [5, 5.41) is 6.89. The van der Waals surface area contributed by atoms with Crippen LogP contribution in [0, 0.1) is 0 Å². The van der Waals surface area contributed by atoms with Crippen molar-refractivity contribution in [3.05, 3.63) is 95.7 Å². The van der Waals surface area contributed by atoms with Crippen LogP contribution in [0.5, 0.6) is 0 Å². The van der Waals surface area contributed by atoms with Crippen LogP contribution in [0.3, 0.4) is 0 Å². The van der Waals surface area contributed by atoms with E-state index in [1.54, 1.807) is 7.05 Å². The van der Waals surface area contributed by atoms with Crippen molar-refractivity contribution in [3.8, 4) is 0 Å². The quantitative estimate of drug-likeness (QED) is 0.480. The van der Waals surface area contributed by atoms with E-state index in [2.05, 4.69) is 87.3 Å². The number of rotatable bonds is 7. The molecule has 0 aliphatic carbocycles. The molecule has 2 N–H and O–H groups in total. The van der Waals surface area contributed by atoms with Crippen LogP contribution < -0.4 is 15.5 Å². The molecule has 0 saturated carbocycles. The summed E-state index contributed by atoms with van der Waals surface area (Å²) >= 11 is 0. The third kappa shape index (κ3) is 5.82. The van der Waals surface area contributed by atoms with Crippen molar-refractivity contribution in [3.63, 3.8) is 0 Å². The fraction of sp³-hybridized carbons (Fsp3) is 0.250. The lowest BCUT2D eigenvalue weighted by Crippen LogP contribution is -2.39. The molecule has 1 heterocycles. The maximum Gasteiger partial charge on any atom is 0.191 e. The molecule has 0 aliphatic heterocycles. The third-order valence-electron chi connectivity index (χ3n) is 4.83. The average molecular weight is 388 g/mol. The van der Waals surface area contributed by atoms with E-state index in [4.69, 9.17) is 0 Å². The van der Waals surface area contributed by atoms with Gasteiger partial charge in [0.05, 0.1) is 0 Å². The largest absolute Gasteiger partial charge is 0.363 e. The Labute approximate surface area is 173 Å². The van der Waals surface area contributed by atoms with E-state index >= 15 is 0 Å². The molecule has 3 rings (SSSR count). The molecule has 0 aliphatic rings. The van der Waals surface area contributed by atoms with Gasteiger partial charge in [0, 0.05) is 46.3 Å². The molecule has 1 aromatic heterocycles. The second-order valence-corrected chi connectivity index (χ2v) is 7.10. The van der Waals surface area contributed by atoms with E-state index in [-0.39, 0.29) is 5.92 Å². The maximum absolute atomic E-state index is 4.39. The summed E-state index contributed by atoms with van der Waals surface area (Å²) in [6.07, 6.45) is 1.84. The maximum atomic E-state index is 4.39. The van der Waals surface area contributed by atoms with E-state index in [0.717, 1.165) is 23.9 Å². The number of anilines is 1. The van der Waals surface area contributed by atoms with Crippen LogP contribution in [0.25, 0.3) is 0 Å². The molecule has 150 valence electrons. The van der Waals surface area contributed by atoms with Crippen LogP contribution in [-0.2, 0) is 6.54 Å². The fourth-order valence-electron chi connectivity index (χ4n) is 3.22. The van der Waals surface area contributed by atoms with Gasteiger partial charge >= 0.3 is 0 Å². The first-order chi connectivity index (χ1) is 14.2. The third-order valence-corrected chi connectivity index (χ3v) is 4.83. The highest BCUT2D eigenvalue weighted by molar-refractivity contribution is 5.79. The Balaban J connectivity index is 1.66. The van der Waals surface area contributed by atoms with Gasteiger partial charge in [-0.05, 0) is 28.8 Å². The highest BCUT2D eigenvalue weighted by atomic mass is 15.2. The van der Waals surface area contributed by atoms with Crippen LogP contribution in [0.2, 0.25) is 0 Å². The van der Waals surface area contributed by atoms with Crippen molar-refractivity contribution in [1.29, 1.82) is 0 Å². The minimum atomic E-state index is 0.247. The highest BCUT2D eigenvalue weighted by Gasteiger charge is 2.14. The lowest BCUT2D eigenvalue weighted by Gasteiger charge is -2.21. The second kappa shape index (κ2) is 10.3. The SMILES string of the molecule is CN=C(NCc1ccnc(N(C)C)c1)NCC(c1ccccc1)c1ccccc1. The molecule has 5 nitrogen and oxygen atoms in total. The standard InChI is InChI=1S/C24H29N5/c1-25-24(27-17-19-14-15-26-23(16-19)29(2)3)28-18-22(20-10-6-4-7-11-20)21-12-8-5-9-13-21/h4-16,22H,17-18H2,1-3H3,(H2,25,27,28). The van der Waals surface area contributed by atoms with E-state index in [1.807, 2.05) is 31.3 Å². The van der Waals surface area contributed by atoms with E-state index < -0.39 is 0 Å². The number of nitrogens with one attached hydrogen (secondary N) is 2. The zero-order valence-electron chi connectivity index (χ0n) is 17.3. The van der Waals surface area contributed by atoms with Gasteiger partial charge in [-0.3, -0.25) is 4.99 Å². The predicted octanol–water partition coefficient (Wildman–Crippen LogP) is 3.64. The number of hydrogen-bond donors (Lipinski definition) is 2. The van der Waals surface area contributed by atoms with Gasteiger partial charge in [-0.1, -0.05) is 60.7 Å². The Morgan fingerprint density at radius 3 is 2.10 bits per heavy atom. The van der Waals surface area contributed by atoms with Crippen LogP contribution in [0.4, 0.5) is 5.82 Å². The van der Waals surface area contributed by atoms with Gasteiger partial charge in [-0.2, -0.15) is 0 Å². The van der Waals surface area contributed by atoms with Crippen molar-refractivity contribution < 1.29 is 0 Å². The Kier molecular flexibility index (Phi) is 7.22. The van der Waals surface area contributed by atoms with Crippen LogP contribution in [0.15, 0.2) is 84.0 Å². The van der Waals surface area contributed by atoms with Crippen LogP contribution in [0.1, 0.15) is 22.6 Å². The second-order valence-electron chi connectivity index (χ2n) is 7.10. The molecule has 0 radical (unpaired) electrons. The van der Waals surface area contributed by atoms with Crippen molar-refractivity contribution in [1.82, 2.24) is 15.6 Å². The topological polar surface area (TPSA) is 52.6 Å². The highest BCUT2D eigenvalue weighted by Crippen LogP contribution is 2.23. The average Bonchev–Trinajstić information content (AvgIpc) is 2.77. The van der Waals surface area contributed by atoms with E-state index in [1.165, 1.54) is 11.1 Å². The normalized spacial score (nSPS) is 11.4. The molecule has 0 saturated heterocycles. The summed E-state index contributed by atoms with van der Waals surface area (Å²) in [6.45, 7) is 1.44. The number of guanidine groups is 1. The van der Waals surface area contributed by atoms with Gasteiger partial charge in [0.1, 0.15) is 5.82 Å². The number of aromatic nitrogens is 1. The van der Waals surface area contributed by atoms with Gasteiger partial charge in [-0.25, -0.2) is 4.98 Å². The van der Waals surface area contributed by atoms with Crippen molar-refractivity contribution in [2.24, 2.45) is 4.99 Å². The molecule has 3 aromatic rings. The molecule has 0 fully saturated rings. The Hall–Kier alpha value is -3.34. The van der Waals surface area contributed by atoms with Gasteiger partial charge in [0.25, 0.3) is 0 Å². The monoisotopic (exact) mass is 387 g/mol. The number of pyridine rings is 1. The van der Waals surface area contributed by atoms with Crippen LogP contribution >= 0.6 is 0 Å². The van der Waals surface area contributed by atoms with Crippen LogP contribution in [-0.4, -0.2) is 38.6 Å². The van der Waals surface area contributed by atoms with Gasteiger partial charge in [0.15, 0.2) is 5.96 Å². The summed E-state index contributed by atoms with van der Waals surface area (Å²) < 4.78 is 0. The Morgan fingerprint density at radius 1 is 0.931 bits per heavy atom. The molecule has 0 bridgehead atoms. The molecular weight excluding hydrogens is 358 g/mol. The number of aliphatic imine (C=N–C) groups is 1. The molecular formula is C24H29N5. The first-order valence-corrected chi connectivity index (χ1v) is 9.84. The zero-order valence-corrected chi connectivity index (χ0v) is 17.3. The molecule has 29 heavy (non-hydrogen) atoms. The molecule has 0 amide bonds. The minimum Gasteiger partial charge on any atom is -0.363 e. The lowest BCUT2D eigenvalue weighted by molar-refractivity contribution is 0.728. The van der Waals surface area contributed by atoms with Gasteiger partial charge in [0.2, 0.25) is 0 Å². The van der Waals surface area contributed by atoms with Crippen molar-refractivity contribution in [2.75, 3.05) is 32.6 Å². The number of nitrogens with zero attached hydrogens (tertiary/aromatic N) is 3. The first-order valence-electron chi connectivity index (χ1n) is 9.84. The molecule has 5 heteroatoms. The van der Waals surface area contributed by atoms with Gasteiger partial charge in [-0.15, -0.1) is 0 Å². The summed E-state index contributed by atoms with van der Waals surface area (Å²) in [5.41, 5.74) is 3.73. The Bertz CT molecular complexity index is 867. The number of benzene rings is 2. The Morgan fingerprint density at radius 2 is 1.55 bits per heavy atom. The molecule has 0 atom stereocenters. The van der Waals surface area contributed by atoms with Gasteiger partial charge < -0.3 is 15.5 Å². The van der Waals surface area contributed by atoms with Crippen molar-refractivity contribution >= 4 is 11.8 Å². The predicted molar refractivity (Wildman–Crippen MR) is 121 cm³/mol. The fourth-order valence-corrected chi connectivity index (χ4v) is 3.22. The summed E-state index contributed by atoms with van der Waals surface area (Å²) in [5.74, 6) is 1.97. The zero-order chi connectivity index (χ0) is 20.5. The summed E-state index contributed by atoms with van der Waals surface area (Å²) in [7, 11) is 5.79. The smallest absolute Gasteiger partial charge is 0.191 e. The molecule has 2 aromatic carbocycles. The molecule has 0 spiro atoms. The lowest BCUT2D eigenvalue weighted by atomic mass is 9.91. The van der Waals surface area contributed by atoms with Crippen molar-refractivity contribution in [2.45, 2.75) is 12.5 Å². The molecule has 0 unspecified atom stereocenters. The summed E-state index contributed by atoms with van der Waals surface area (Å²) in [4.78, 5) is 10.8. The minimum absolute atomic E-state index is 0.247. The first kappa shape index (κ1) is 20.4.